The summed E-state index contributed by atoms with van der Waals surface area (Å²) in [6.45, 7) is 1.21. The predicted molar refractivity (Wildman–Crippen MR) is 106 cm³/mol. The molecule has 0 radical (unpaired) electrons. The fraction of sp³-hybridized carbons (Fsp3) is 0.409. The lowest BCUT2D eigenvalue weighted by Crippen LogP contribution is -2.41. The Morgan fingerprint density at radius 2 is 2.17 bits per heavy atom. The van der Waals surface area contributed by atoms with Gasteiger partial charge in [-0.3, -0.25) is 4.79 Å². The first-order chi connectivity index (χ1) is 14.6. The van der Waals surface area contributed by atoms with Gasteiger partial charge in [0, 0.05) is 18.3 Å². The van der Waals surface area contributed by atoms with Crippen LogP contribution in [0.4, 0.5) is 10.2 Å². The molecular formula is C22H20FN5O2. The average molecular weight is 405 g/mol. The first-order valence-electron chi connectivity index (χ1n) is 10.5. The first-order valence-corrected chi connectivity index (χ1v) is 10.5. The zero-order valence-corrected chi connectivity index (χ0v) is 16.3. The standard InChI is InChI=1S/C22H20FN5O2/c23-14-1-2-17-16(9-14)22-10-13(22)3-7-27(22)18-4-8-28-19(25-18)15(11-24-28)20(29)26-21(5-6-21)12-30-17/h1-2,4,8-9,11,13H,3,5-7,10,12H2,(H,26,29)/t13-,22+/m0/s1. The summed E-state index contributed by atoms with van der Waals surface area (Å²) in [4.78, 5) is 20.1. The number of hydrogen-bond donors (Lipinski definition) is 1. The number of amides is 1. The summed E-state index contributed by atoms with van der Waals surface area (Å²) in [5.41, 5.74) is 1.21. The maximum absolute atomic E-state index is 14.3. The summed E-state index contributed by atoms with van der Waals surface area (Å²) < 4.78 is 22.2. The molecular weight excluding hydrogens is 385 g/mol. The Kier molecular flexibility index (Phi) is 2.94. The van der Waals surface area contributed by atoms with Crippen LogP contribution in [0.25, 0.3) is 5.65 Å². The molecule has 2 aliphatic heterocycles. The number of hydrogen-bond acceptors (Lipinski definition) is 5. The van der Waals surface area contributed by atoms with Crippen molar-refractivity contribution >= 4 is 17.4 Å². The van der Waals surface area contributed by atoms with Crippen molar-refractivity contribution in [3.05, 3.63) is 53.6 Å². The zero-order chi connectivity index (χ0) is 20.1. The molecule has 2 atom stereocenters. The number of carbonyl (C=O) groups is 1. The van der Waals surface area contributed by atoms with E-state index in [4.69, 9.17) is 9.72 Å². The van der Waals surface area contributed by atoms with Gasteiger partial charge in [-0.25, -0.2) is 13.9 Å². The van der Waals surface area contributed by atoms with E-state index in [1.807, 2.05) is 12.3 Å². The molecule has 2 aromatic heterocycles. The van der Waals surface area contributed by atoms with Crippen molar-refractivity contribution in [2.75, 3.05) is 18.1 Å². The van der Waals surface area contributed by atoms with Crippen LogP contribution in [-0.2, 0) is 5.54 Å². The third-order valence-corrected chi connectivity index (χ3v) is 7.28. The van der Waals surface area contributed by atoms with Crippen molar-refractivity contribution in [3.8, 4) is 5.75 Å². The van der Waals surface area contributed by atoms with Crippen LogP contribution in [0.2, 0.25) is 0 Å². The summed E-state index contributed by atoms with van der Waals surface area (Å²) in [6, 6.07) is 6.72. The number of ether oxygens (including phenoxy) is 1. The Labute approximate surface area is 171 Å². The molecule has 2 saturated carbocycles. The molecule has 8 heteroatoms. The third kappa shape index (κ3) is 2.11. The number of nitrogens with zero attached hydrogens (tertiary/aromatic N) is 4. The largest absolute Gasteiger partial charge is 0.491 e. The second-order valence-electron chi connectivity index (χ2n) is 9.04. The lowest BCUT2D eigenvalue weighted by atomic mass is 10.0. The van der Waals surface area contributed by atoms with Gasteiger partial charge >= 0.3 is 0 Å². The number of rotatable bonds is 0. The quantitative estimate of drug-likeness (QED) is 0.623. The number of benzene rings is 1. The number of piperidine rings is 1. The molecule has 152 valence electrons. The number of anilines is 1. The molecule has 7 nitrogen and oxygen atoms in total. The van der Waals surface area contributed by atoms with E-state index in [1.165, 1.54) is 6.07 Å². The molecule has 3 fully saturated rings. The van der Waals surface area contributed by atoms with E-state index in [1.54, 1.807) is 22.8 Å². The maximum atomic E-state index is 14.3. The van der Waals surface area contributed by atoms with Gasteiger partial charge in [0.05, 0.1) is 17.3 Å². The van der Waals surface area contributed by atoms with Gasteiger partial charge < -0.3 is 15.0 Å². The SMILES string of the molecule is O=C1NC2(CC2)COc2ccc(F)cc2[C@@]23C[C@@H]2CCN3c2ccn3ncc1c3n2. The van der Waals surface area contributed by atoms with Crippen molar-refractivity contribution < 1.29 is 13.9 Å². The van der Waals surface area contributed by atoms with Crippen molar-refractivity contribution in [1.29, 1.82) is 0 Å². The monoisotopic (exact) mass is 405 g/mol. The highest BCUT2D eigenvalue weighted by Crippen LogP contribution is 2.65. The molecule has 7 rings (SSSR count). The third-order valence-electron chi connectivity index (χ3n) is 7.28. The zero-order valence-electron chi connectivity index (χ0n) is 16.3. The van der Waals surface area contributed by atoms with Gasteiger partial charge in [0.2, 0.25) is 0 Å². The van der Waals surface area contributed by atoms with E-state index >= 15 is 0 Å². The Morgan fingerprint density at radius 1 is 1.27 bits per heavy atom. The molecule has 1 aromatic carbocycles. The molecule has 4 aliphatic rings. The molecule has 0 unspecified atom stereocenters. The van der Waals surface area contributed by atoms with Crippen molar-refractivity contribution in [2.24, 2.45) is 5.92 Å². The number of fused-ring (bicyclic) bond motifs is 3. The maximum Gasteiger partial charge on any atom is 0.257 e. The van der Waals surface area contributed by atoms with Crippen molar-refractivity contribution in [2.45, 2.75) is 36.8 Å². The van der Waals surface area contributed by atoms with E-state index < -0.39 is 5.54 Å². The molecule has 3 aromatic rings. The Bertz CT molecular complexity index is 1240. The molecule has 2 spiro atoms. The topological polar surface area (TPSA) is 71.8 Å². The first kappa shape index (κ1) is 16.6. The predicted octanol–water partition coefficient (Wildman–Crippen LogP) is 2.65. The Morgan fingerprint density at radius 3 is 3.00 bits per heavy atom. The van der Waals surface area contributed by atoms with E-state index in [0.717, 1.165) is 43.6 Å². The second kappa shape index (κ2) is 5.30. The van der Waals surface area contributed by atoms with Crippen LogP contribution in [0.5, 0.6) is 5.75 Å². The molecule has 2 bridgehead atoms. The smallest absolute Gasteiger partial charge is 0.257 e. The van der Waals surface area contributed by atoms with E-state index in [-0.39, 0.29) is 17.3 Å². The molecule has 4 heterocycles. The highest BCUT2D eigenvalue weighted by Gasteiger charge is 2.64. The highest BCUT2D eigenvalue weighted by molar-refractivity contribution is 6.00. The molecule has 1 N–H and O–H groups in total. The van der Waals surface area contributed by atoms with Crippen LogP contribution in [-0.4, -0.2) is 39.2 Å². The van der Waals surface area contributed by atoms with Crippen LogP contribution in [0.15, 0.2) is 36.7 Å². The van der Waals surface area contributed by atoms with Gasteiger partial charge in [-0.2, -0.15) is 5.10 Å². The summed E-state index contributed by atoms with van der Waals surface area (Å²) in [5, 5.41) is 7.43. The Hall–Kier alpha value is -3.16. The molecule has 1 amide bonds. The second-order valence-corrected chi connectivity index (χ2v) is 9.04. The van der Waals surface area contributed by atoms with E-state index in [9.17, 15) is 9.18 Å². The van der Waals surface area contributed by atoms with Crippen LogP contribution < -0.4 is 15.0 Å². The highest BCUT2D eigenvalue weighted by atomic mass is 19.1. The lowest BCUT2D eigenvalue weighted by Gasteiger charge is -2.31. The fourth-order valence-electron chi connectivity index (χ4n) is 5.38. The summed E-state index contributed by atoms with van der Waals surface area (Å²) in [5.74, 6) is 1.49. The fourth-order valence-corrected chi connectivity index (χ4v) is 5.38. The van der Waals surface area contributed by atoms with E-state index in [2.05, 4.69) is 15.3 Å². The number of nitrogens with one attached hydrogen (secondary N) is 1. The molecule has 30 heavy (non-hydrogen) atoms. The average Bonchev–Trinajstić information content (AvgIpc) is 3.58. The summed E-state index contributed by atoms with van der Waals surface area (Å²) >= 11 is 0. The summed E-state index contributed by atoms with van der Waals surface area (Å²) in [6.07, 6.45) is 7.10. The molecule has 1 saturated heterocycles. The van der Waals surface area contributed by atoms with Gasteiger partial charge in [0.15, 0.2) is 5.65 Å². The van der Waals surface area contributed by atoms with Gasteiger partial charge in [0.1, 0.15) is 29.6 Å². The minimum Gasteiger partial charge on any atom is -0.491 e. The number of carbonyl (C=O) groups excluding carboxylic acids is 1. The van der Waals surface area contributed by atoms with Gasteiger partial charge in [-0.15, -0.1) is 0 Å². The van der Waals surface area contributed by atoms with Crippen LogP contribution >= 0.6 is 0 Å². The summed E-state index contributed by atoms with van der Waals surface area (Å²) in [7, 11) is 0. The van der Waals surface area contributed by atoms with E-state index in [0.29, 0.717) is 29.5 Å². The normalized spacial score (nSPS) is 28.0. The van der Waals surface area contributed by atoms with Crippen LogP contribution in [0, 0.1) is 11.7 Å². The van der Waals surface area contributed by atoms with Crippen LogP contribution in [0.3, 0.4) is 0 Å². The van der Waals surface area contributed by atoms with Crippen LogP contribution in [0.1, 0.15) is 41.6 Å². The minimum atomic E-state index is -0.390. The Balaban J connectivity index is 1.46. The molecule has 2 aliphatic carbocycles. The number of aromatic nitrogens is 3. The minimum absolute atomic E-state index is 0.185. The van der Waals surface area contributed by atoms with Gasteiger partial charge in [-0.1, -0.05) is 0 Å². The lowest BCUT2D eigenvalue weighted by molar-refractivity contribution is 0.0914. The van der Waals surface area contributed by atoms with Gasteiger partial charge in [0.25, 0.3) is 5.91 Å². The van der Waals surface area contributed by atoms with Gasteiger partial charge in [-0.05, 0) is 55.9 Å². The van der Waals surface area contributed by atoms with Crippen molar-refractivity contribution in [1.82, 2.24) is 19.9 Å². The number of halogens is 1. The van der Waals surface area contributed by atoms with Crippen molar-refractivity contribution in [3.63, 3.8) is 0 Å².